The Balaban J connectivity index is 2.06. The zero-order valence-corrected chi connectivity index (χ0v) is 6.38. The molecule has 0 aromatic rings. The van der Waals surface area contributed by atoms with Crippen LogP contribution in [0.25, 0.3) is 0 Å². The average molecular weight is 156 g/mol. The molecule has 1 atom stereocenters. The number of rotatable bonds is 0. The molecule has 0 unspecified atom stereocenters. The Morgan fingerprint density at radius 1 is 1.55 bits per heavy atom. The molecule has 0 aromatic heterocycles. The van der Waals surface area contributed by atoms with Crippen LogP contribution in [0, 0.1) is 0 Å². The summed E-state index contributed by atoms with van der Waals surface area (Å²) < 4.78 is 4.88. The van der Waals surface area contributed by atoms with E-state index >= 15 is 0 Å². The van der Waals surface area contributed by atoms with Gasteiger partial charge in [0, 0.05) is 6.54 Å². The van der Waals surface area contributed by atoms with Crippen molar-refractivity contribution in [1.82, 2.24) is 10.2 Å². The van der Waals surface area contributed by atoms with Gasteiger partial charge in [0.25, 0.3) is 0 Å². The number of fused-ring (bicyclic) bond motifs is 1. The number of nitrogens with zero attached hydrogens (tertiary/aromatic N) is 1. The lowest BCUT2D eigenvalue weighted by Gasteiger charge is -2.17. The zero-order chi connectivity index (χ0) is 7.68. The third-order valence-electron chi connectivity index (χ3n) is 2.18. The normalized spacial score (nSPS) is 31.1. The fourth-order valence-electron chi connectivity index (χ4n) is 1.54. The van der Waals surface area contributed by atoms with E-state index in [9.17, 15) is 4.79 Å². The quantitative estimate of drug-likeness (QED) is 0.542. The molecule has 2 saturated heterocycles. The van der Waals surface area contributed by atoms with Crippen LogP contribution in [0.15, 0.2) is 0 Å². The van der Waals surface area contributed by atoms with Crippen molar-refractivity contribution in [2.24, 2.45) is 0 Å². The molecule has 2 aliphatic heterocycles. The number of ether oxygens (including phenoxy) is 1. The molecule has 11 heavy (non-hydrogen) atoms. The van der Waals surface area contributed by atoms with E-state index in [1.54, 1.807) is 4.90 Å². The van der Waals surface area contributed by atoms with Crippen molar-refractivity contribution in [3.63, 3.8) is 0 Å². The Morgan fingerprint density at radius 2 is 2.45 bits per heavy atom. The molecule has 2 rings (SSSR count). The summed E-state index contributed by atoms with van der Waals surface area (Å²) in [4.78, 5) is 12.8. The summed E-state index contributed by atoms with van der Waals surface area (Å²) in [6.07, 6.45) is 2.22. The number of cyclic esters (lactones) is 1. The maximum atomic E-state index is 11.0. The van der Waals surface area contributed by atoms with Crippen LogP contribution in [-0.2, 0) is 4.74 Å². The van der Waals surface area contributed by atoms with Crippen molar-refractivity contribution >= 4 is 6.09 Å². The van der Waals surface area contributed by atoms with E-state index in [1.807, 2.05) is 0 Å². The summed E-state index contributed by atoms with van der Waals surface area (Å²) in [6.45, 7) is 2.35. The van der Waals surface area contributed by atoms with E-state index in [2.05, 4.69) is 5.32 Å². The van der Waals surface area contributed by atoms with Gasteiger partial charge in [-0.3, -0.25) is 10.2 Å². The van der Waals surface area contributed by atoms with Crippen LogP contribution in [0.5, 0.6) is 0 Å². The van der Waals surface area contributed by atoms with Crippen molar-refractivity contribution in [3.8, 4) is 0 Å². The number of hydrogen-bond acceptors (Lipinski definition) is 3. The highest BCUT2D eigenvalue weighted by Gasteiger charge is 2.32. The van der Waals surface area contributed by atoms with Crippen molar-refractivity contribution < 1.29 is 9.53 Å². The third-order valence-corrected chi connectivity index (χ3v) is 2.18. The Labute approximate surface area is 65.5 Å². The molecule has 1 N–H and O–H groups in total. The second kappa shape index (κ2) is 2.70. The maximum Gasteiger partial charge on any atom is 0.411 e. The van der Waals surface area contributed by atoms with Crippen LogP contribution >= 0.6 is 0 Å². The summed E-state index contributed by atoms with van der Waals surface area (Å²) in [7, 11) is 0. The lowest BCUT2D eigenvalue weighted by molar-refractivity contribution is 0.157. The zero-order valence-electron chi connectivity index (χ0n) is 6.38. The van der Waals surface area contributed by atoms with Gasteiger partial charge in [0.15, 0.2) is 0 Å². The smallest absolute Gasteiger partial charge is 0.411 e. The van der Waals surface area contributed by atoms with Crippen LogP contribution in [-0.4, -0.2) is 36.9 Å². The number of carbonyl (C=O) groups is 1. The predicted octanol–water partition coefficient (Wildman–Crippen LogP) is 0.148. The summed E-state index contributed by atoms with van der Waals surface area (Å²) in [6, 6.07) is 0. The number of amides is 1. The topological polar surface area (TPSA) is 41.6 Å². The van der Waals surface area contributed by atoms with Crippen LogP contribution < -0.4 is 5.32 Å². The Morgan fingerprint density at radius 3 is 3.36 bits per heavy atom. The number of hydrogen-bond donors (Lipinski definition) is 1. The van der Waals surface area contributed by atoms with Gasteiger partial charge in [-0.1, -0.05) is 0 Å². The average Bonchev–Trinajstić information content (AvgIpc) is 2.25. The lowest BCUT2D eigenvalue weighted by atomic mass is 10.3. The van der Waals surface area contributed by atoms with E-state index in [4.69, 9.17) is 4.74 Å². The van der Waals surface area contributed by atoms with E-state index in [0.29, 0.717) is 6.61 Å². The summed E-state index contributed by atoms with van der Waals surface area (Å²) in [5.74, 6) is 0. The Kier molecular flexibility index (Phi) is 1.69. The molecule has 0 aromatic carbocycles. The van der Waals surface area contributed by atoms with Gasteiger partial charge in [0.1, 0.15) is 12.8 Å². The third kappa shape index (κ3) is 1.18. The molecule has 0 radical (unpaired) electrons. The first-order valence-electron chi connectivity index (χ1n) is 4.05. The van der Waals surface area contributed by atoms with Gasteiger partial charge in [-0.05, 0) is 19.4 Å². The highest BCUT2D eigenvalue weighted by molar-refractivity contribution is 5.69. The summed E-state index contributed by atoms with van der Waals surface area (Å²) in [5.41, 5.74) is 0. The molecule has 2 heterocycles. The second-order valence-electron chi connectivity index (χ2n) is 2.95. The molecule has 0 aliphatic carbocycles. The van der Waals surface area contributed by atoms with Crippen LogP contribution in [0.3, 0.4) is 0 Å². The van der Waals surface area contributed by atoms with Gasteiger partial charge in [0.2, 0.25) is 0 Å². The molecule has 4 nitrogen and oxygen atoms in total. The largest absolute Gasteiger partial charge is 0.446 e. The molecule has 62 valence electrons. The van der Waals surface area contributed by atoms with Crippen molar-refractivity contribution in [3.05, 3.63) is 0 Å². The maximum absolute atomic E-state index is 11.0. The summed E-state index contributed by atoms with van der Waals surface area (Å²) >= 11 is 0. The van der Waals surface area contributed by atoms with Gasteiger partial charge in [0.05, 0.1) is 0 Å². The molecule has 4 heteroatoms. The number of nitrogens with one attached hydrogen (secondary N) is 1. The molecular formula is C7H12N2O2. The minimum atomic E-state index is -0.163. The predicted molar refractivity (Wildman–Crippen MR) is 39.1 cm³/mol. The minimum Gasteiger partial charge on any atom is -0.446 e. The second-order valence-corrected chi connectivity index (χ2v) is 2.95. The van der Waals surface area contributed by atoms with Gasteiger partial charge < -0.3 is 4.74 Å². The van der Waals surface area contributed by atoms with E-state index in [0.717, 1.165) is 25.9 Å². The number of carbonyl (C=O) groups excluding carboxylic acids is 1. The molecule has 1 amide bonds. The molecule has 2 fully saturated rings. The molecule has 0 spiro atoms. The van der Waals surface area contributed by atoms with E-state index in [-0.39, 0.29) is 12.3 Å². The Bertz CT molecular complexity index is 172. The fraction of sp³-hybridized carbons (Fsp3) is 0.857. The van der Waals surface area contributed by atoms with E-state index < -0.39 is 0 Å². The van der Waals surface area contributed by atoms with Crippen LogP contribution in [0.4, 0.5) is 4.79 Å². The molecule has 2 aliphatic rings. The monoisotopic (exact) mass is 156 g/mol. The fourth-order valence-corrected chi connectivity index (χ4v) is 1.54. The van der Waals surface area contributed by atoms with Crippen molar-refractivity contribution in [2.75, 3.05) is 19.7 Å². The lowest BCUT2D eigenvalue weighted by Crippen LogP contribution is -2.42. The van der Waals surface area contributed by atoms with Crippen LogP contribution in [0.1, 0.15) is 12.8 Å². The van der Waals surface area contributed by atoms with Gasteiger partial charge in [-0.2, -0.15) is 0 Å². The SMILES string of the molecule is O=C1OC[C@H]2NCCCCN12. The van der Waals surface area contributed by atoms with Crippen molar-refractivity contribution in [1.29, 1.82) is 0 Å². The first-order chi connectivity index (χ1) is 5.38. The molecular weight excluding hydrogens is 144 g/mol. The Hall–Kier alpha value is -0.770. The van der Waals surface area contributed by atoms with Crippen molar-refractivity contribution in [2.45, 2.75) is 19.0 Å². The van der Waals surface area contributed by atoms with E-state index in [1.165, 1.54) is 0 Å². The van der Waals surface area contributed by atoms with Gasteiger partial charge in [-0.15, -0.1) is 0 Å². The van der Waals surface area contributed by atoms with Crippen LogP contribution in [0.2, 0.25) is 0 Å². The molecule has 0 bridgehead atoms. The highest BCUT2D eigenvalue weighted by atomic mass is 16.6. The highest BCUT2D eigenvalue weighted by Crippen LogP contribution is 2.13. The standard InChI is InChI=1S/C7H12N2O2/c10-7-9-4-2-1-3-8-6(9)5-11-7/h6,8H,1-5H2/t6-/m0/s1. The van der Waals surface area contributed by atoms with Gasteiger partial charge in [-0.25, -0.2) is 4.79 Å². The summed E-state index contributed by atoms with van der Waals surface area (Å²) in [5, 5.41) is 3.25. The first kappa shape index (κ1) is 6.91. The minimum absolute atomic E-state index is 0.144. The van der Waals surface area contributed by atoms with Gasteiger partial charge >= 0.3 is 6.09 Å². The molecule has 0 saturated carbocycles. The first-order valence-corrected chi connectivity index (χ1v) is 4.05.